The molecule has 0 bridgehead atoms. The molecule has 0 saturated carbocycles. The Morgan fingerprint density at radius 2 is 1.55 bits per heavy atom. The fraction of sp³-hybridized carbons (Fsp3) is 0.640. The molecule has 1 fully saturated rings. The number of aliphatic hydroxyl groups excluding tert-OH is 2. The second kappa shape index (κ2) is 14.4. The van der Waals surface area contributed by atoms with Gasteiger partial charge in [0.25, 0.3) is 0 Å². The lowest BCUT2D eigenvalue weighted by Crippen LogP contribution is -2.55. The summed E-state index contributed by atoms with van der Waals surface area (Å²) in [5.74, 6) is -0.608. The molecule has 0 aliphatic carbocycles. The van der Waals surface area contributed by atoms with E-state index >= 15 is 0 Å². The highest BCUT2D eigenvalue weighted by molar-refractivity contribution is 5.82. The largest absolute Gasteiger partial charge is 0.453 e. The lowest BCUT2D eigenvalue weighted by Gasteiger charge is -2.36. The Balaban J connectivity index is 2.45. The van der Waals surface area contributed by atoms with Crippen molar-refractivity contribution in [1.82, 2.24) is 0 Å². The van der Waals surface area contributed by atoms with Gasteiger partial charge in [0.1, 0.15) is 12.2 Å². The molecule has 6 heteroatoms. The van der Waals surface area contributed by atoms with E-state index in [-0.39, 0.29) is 13.2 Å². The predicted octanol–water partition coefficient (Wildman–Crippen LogP) is 4.38. The smallest absolute Gasteiger partial charge is 0.331 e. The van der Waals surface area contributed by atoms with Crippen LogP contribution in [-0.4, -0.2) is 54.0 Å². The number of hydrogen-bond acceptors (Lipinski definition) is 6. The van der Waals surface area contributed by atoms with Gasteiger partial charge in [-0.15, -0.1) is 0 Å². The molecule has 1 aliphatic heterocycles. The molecule has 0 radical (unpaired) electrons. The quantitative estimate of drug-likeness (QED) is 0.284. The van der Waals surface area contributed by atoms with E-state index in [9.17, 15) is 15.0 Å². The van der Waals surface area contributed by atoms with E-state index in [1.807, 2.05) is 13.0 Å². The molecule has 0 aromatic rings. The normalized spacial score (nSPS) is 24.5. The monoisotopic (exact) mass is 436 g/mol. The van der Waals surface area contributed by atoms with E-state index in [1.165, 1.54) is 22.8 Å². The van der Waals surface area contributed by atoms with Crippen molar-refractivity contribution in [3.63, 3.8) is 0 Å². The summed E-state index contributed by atoms with van der Waals surface area (Å²) < 4.78 is 16.2. The van der Waals surface area contributed by atoms with E-state index in [1.54, 1.807) is 13.8 Å². The fourth-order valence-electron chi connectivity index (χ4n) is 3.09. The van der Waals surface area contributed by atoms with Crippen molar-refractivity contribution >= 4 is 5.97 Å². The summed E-state index contributed by atoms with van der Waals surface area (Å²) in [5.41, 5.74) is 4.70. The number of hydrogen-bond donors (Lipinski definition) is 2. The molecular weight excluding hydrogens is 396 g/mol. The van der Waals surface area contributed by atoms with Crippen LogP contribution in [-0.2, 0) is 19.0 Å². The number of carbonyl (C=O) groups excluding carboxylic acids is 1. The van der Waals surface area contributed by atoms with Crippen molar-refractivity contribution in [2.75, 3.05) is 13.2 Å². The van der Waals surface area contributed by atoms with Gasteiger partial charge in [0.05, 0.1) is 13.2 Å². The van der Waals surface area contributed by atoms with Crippen molar-refractivity contribution in [1.29, 1.82) is 0 Å². The zero-order chi connectivity index (χ0) is 23.4. The standard InChI is InChI=1S/C25H40O6/c1-17(2)9-7-10-19(5)11-8-12-20(6)13-14-29-25-23(28)24(21(26)16-30-25)31-22(27)15-18(3)4/h9,11,13,15,21,23-26,28H,7-8,10,12,14,16H2,1-6H3/b19-11+,20-13+/t21-,23-,24-,25+/m0/s1. The summed E-state index contributed by atoms with van der Waals surface area (Å²) in [7, 11) is 0. The molecule has 1 rings (SSSR count). The Labute approximate surface area is 187 Å². The number of esters is 1. The average Bonchev–Trinajstić information content (AvgIpc) is 2.66. The predicted molar refractivity (Wildman–Crippen MR) is 122 cm³/mol. The zero-order valence-electron chi connectivity index (χ0n) is 19.9. The molecule has 0 amide bonds. The molecule has 31 heavy (non-hydrogen) atoms. The van der Waals surface area contributed by atoms with Crippen LogP contribution in [0.5, 0.6) is 0 Å². The highest BCUT2D eigenvalue weighted by Crippen LogP contribution is 2.20. The maximum Gasteiger partial charge on any atom is 0.331 e. The SMILES string of the molecule is CC(C)=CCC/C(C)=C/CC/C(C)=C/CO[C@@H]1OC[C@H](O)[C@H](OC(=O)C=C(C)C)[C@@H]1O. The van der Waals surface area contributed by atoms with Crippen molar-refractivity contribution in [2.24, 2.45) is 0 Å². The number of carbonyl (C=O) groups is 1. The first-order chi connectivity index (χ1) is 14.6. The molecular formula is C25H40O6. The molecule has 4 atom stereocenters. The molecule has 176 valence electrons. The second-order valence-corrected chi connectivity index (χ2v) is 8.68. The zero-order valence-corrected chi connectivity index (χ0v) is 19.9. The third-order valence-electron chi connectivity index (χ3n) is 4.90. The van der Waals surface area contributed by atoms with Crippen molar-refractivity contribution in [3.05, 3.63) is 46.6 Å². The van der Waals surface area contributed by atoms with Gasteiger partial charge in [0.2, 0.25) is 0 Å². The number of aliphatic hydroxyl groups is 2. The van der Waals surface area contributed by atoms with Crippen LogP contribution >= 0.6 is 0 Å². The van der Waals surface area contributed by atoms with E-state index in [0.29, 0.717) is 0 Å². The first-order valence-corrected chi connectivity index (χ1v) is 11.0. The van der Waals surface area contributed by atoms with Crippen LogP contribution < -0.4 is 0 Å². The molecule has 2 N–H and O–H groups in total. The van der Waals surface area contributed by atoms with Crippen molar-refractivity contribution < 1.29 is 29.2 Å². The number of allylic oxidation sites excluding steroid dienone is 6. The summed E-state index contributed by atoms with van der Waals surface area (Å²) >= 11 is 0. The summed E-state index contributed by atoms with van der Waals surface area (Å²) in [6.07, 6.45) is 7.44. The Morgan fingerprint density at radius 1 is 0.935 bits per heavy atom. The van der Waals surface area contributed by atoms with Gasteiger partial charge in [-0.05, 0) is 67.2 Å². The molecule has 0 unspecified atom stereocenters. The van der Waals surface area contributed by atoms with Crippen LogP contribution in [0.25, 0.3) is 0 Å². The maximum absolute atomic E-state index is 11.8. The molecule has 1 saturated heterocycles. The minimum atomic E-state index is -1.27. The Kier molecular flexibility index (Phi) is 12.6. The van der Waals surface area contributed by atoms with Gasteiger partial charge in [0, 0.05) is 6.08 Å². The van der Waals surface area contributed by atoms with Crippen LogP contribution in [0.4, 0.5) is 0 Å². The minimum absolute atomic E-state index is 0.0754. The van der Waals surface area contributed by atoms with E-state index in [2.05, 4.69) is 32.9 Å². The van der Waals surface area contributed by atoms with E-state index in [0.717, 1.165) is 31.3 Å². The first-order valence-electron chi connectivity index (χ1n) is 11.0. The summed E-state index contributed by atoms with van der Waals surface area (Å²) in [5, 5.41) is 20.4. The van der Waals surface area contributed by atoms with Crippen LogP contribution in [0.15, 0.2) is 46.6 Å². The van der Waals surface area contributed by atoms with Gasteiger partial charge in [-0.2, -0.15) is 0 Å². The van der Waals surface area contributed by atoms with Crippen LogP contribution in [0, 0.1) is 0 Å². The highest BCUT2D eigenvalue weighted by atomic mass is 16.7. The second-order valence-electron chi connectivity index (χ2n) is 8.68. The van der Waals surface area contributed by atoms with Crippen LogP contribution in [0.2, 0.25) is 0 Å². The number of rotatable bonds is 11. The highest BCUT2D eigenvalue weighted by Gasteiger charge is 2.41. The Morgan fingerprint density at radius 3 is 2.16 bits per heavy atom. The maximum atomic E-state index is 11.8. The molecule has 1 aliphatic rings. The lowest BCUT2D eigenvalue weighted by molar-refractivity contribution is -0.270. The van der Waals surface area contributed by atoms with E-state index in [4.69, 9.17) is 14.2 Å². The van der Waals surface area contributed by atoms with Crippen molar-refractivity contribution in [2.45, 2.75) is 91.8 Å². The van der Waals surface area contributed by atoms with Gasteiger partial charge in [-0.3, -0.25) is 0 Å². The molecule has 0 spiro atoms. The summed E-state index contributed by atoms with van der Waals surface area (Å²) in [6.45, 7) is 12.2. The van der Waals surface area contributed by atoms with Gasteiger partial charge in [0.15, 0.2) is 12.4 Å². The Bertz CT molecular complexity index is 680. The molecule has 6 nitrogen and oxygen atoms in total. The Hall–Kier alpha value is -1.73. The third kappa shape index (κ3) is 11.5. The van der Waals surface area contributed by atoms with Crippen LogP contribution in [0.3, 0.4) is 0 Å². The van der Waals surface area contributed by atoms with Gasteiger partial charge in [-0.1, -0.05) is 40.5 Å². The van der Waals surface area contributed by atoms with Gasteiger partial charge in [-0.25, -0.2) is 4.79 Å². The fourth-order valence-corrected chi connectivity index (χ4v) is 3.09. The lowest BCUT2D eigenvalue weighted by atomic mass is 10.1. The topological polar surface area (TPSA) is 85.2 Å². The van der Waals surface area contributed by atoms with Crippen molar-refractivity contribution in [3.8, 4) is 0 Å². The molecule has 0 aromatic heterocycles. The van der Waals surface area contributed by atoms with Gasteiger partial charge >= 0.3 is 5.97 Å². The van der Waals surface area contributed by atoms with E-state index < -0.39 is 30.6 Å². The molecule has 1 heterocycles. The first kappa shape index (κ1) is 27.3. The van der Waals surface area contributed by atoms with Gasteiger partial charge < -0.3 is 24.4 Å². The molecule has 0 aromatic carbocycles. The van der Waals surface area contributed by atoms with Crippen LogP contribution in [0.1, 0.15) is 67.2 Å². The summed E-state index contributed by atoms with van der Waals surface area (Å²) in [6, 6.07) is 0. The minimum Gasteiger partial charge on any atom is -0.453 e. The number of ether oxygens (including phenoxy) is 3. The summed E-state index contributed by atoms with van der Waals surface area (Å²) in [4.78, 5) is 11.8. The third-order valence-corrected chi connectivity index (χ3v) is 4.90. The average molecular weight is 437 g/mol.